The summed E-state index contributed by atoms with van der Waals surface area (Å²) in [6.07, 6.45) is 2.63. The Hall–Kier alpha value is -2.14. The zero-order chi connectivity index (χ0) is 14.7. The van der Waals surface area contributed by atoms with Crippen LogP contribution in [0.25, 0.3) is 11.5 Å². The van der Waals surface area contributed by atoms with E-state index in [4.69, 9.17) is 10.3 Å². The number of hydrogen-bond acceptors (Lipinski definition) is 5. The van der Waals surface area contributed by atoms with E-state index in [0.717, 1.165) is 35.7 Å². The van der Waals surface area contributed by atoms with Gasteiger partial charge in [-0.25, -0.2) is 0 Å². The van der Waals surface area contributed by atoms with Crippen molar-refractivity contribution in [2.75, 3.05) is 5.73 Å². The number of anilines is 1. The minimum Gasteiger partial charge on any atom is -0.390 e. The lowest BCUT2D eigenvalue weighted by Gasteiger charge is -1.96. The van der Waals surface area contributed by atoms with Gasteiger partial charge in [0.25, 0.3) is 5.89 Å². The number of thiophene rings is 1. The largest absolute Gasteiger partial charge is 0.390 e. The van der Waals surface area contributed by atoms with Gasteiger partial charge >= 0.3 is 0 Å². The Labute approximate surface area is 127 Å². The molecule has 4 nitrogen and oxygen atoms in total. The second kappa shape index (κ2) is 6.10. The first-order chi connectivity index (χ1) is 10.3. The second-order valence-electron chi connectivity index (χ2n) is 4.85. The van der Waals surface area contributed by atoms with Gasteiger partial charge in [0.2, 0.25) is 0 Å². The van der Waals surface area contributed by atoms with Crippen molar-refractivity contribution in [3.05, 3.63) is 52.7 Å². The lowest BCUT2D eigenvalue weighted by molar-refractivity contribution is 0.422. The molecular weight excluding hydrogens is 282 g/mol. The van der Waals surface area contributed by atoms with Crippen LogP contribution in [0, 0.1) is 0 Å². The summed E-state index contributed by atoms with van der Waals surface area (Å²) in [4.78, 5) is 5.68. The van der Waals surface area contributed by atoms with Gasteiger partial charge < -0.3 is 10.3 Å². The van der Waals surface area contributed by atoms with Gasteiger partial charge in [-0.1, -0.05) is 42.4 Å². The molecule has 0 atom stereocenters. The lowest BCUT2D eigenvalue weighted by Crippen LogP contribution is -1.93. The third-order valence-corrected chi connectivity index (χ3v) is 4.45. The number of benzene rings is 1. The Morgan fingerprint density at radius 1 is 1.19 bits per heavy atom. The zero-order valence-corrected chi connectivity index (χ0v) is 12.7. The molecule has 0 fully saturated rings. The highest BCUT2D eigenvalue weighted by Gasteiger charge is 2.14. The molecule has 3 aromatic rings. The van der Waals surface area contributed by atoms with Gasteiger partial charge in [-0.15, -0.1) is 11.3 Å². The van der Waals surface area contributed by atoms with E-state index in [0.29, 0.717) is 5.89 Å². The molecule has 1 aromatic carbocycles. The van der Waals surface area contributed by atoms with Gasteiger partial charge in [-0.2, -0.15) is 4.98 Å². The first kappa shape index (κ1) is 13.8. The normalized spacial score (nSPS) is 10.9. The zero-order valence-electron chi connectivity index (χ0n) is 11.9. The van der Waals surface area contributed by atoms with Gasteiger partial charge in [0.15, 0.2) is 5.82 Å². The molecule has 2 heterocycles. The summed E-state index contributed by atoms with van der Waals surface area (Å²) in [7, 11) is 0. The summed E-state index contributed by atoms with van der Waals surface area (Å²) < 4.78 is 5.34. The number of hydrogen-bond donors (Lipinski definition) is 1. The van der Waals surface area contributed by atoms with Gasteiger partial charge in [0.1, 0.15) is 0 Å². The van der Waals surface area contributed by atoms with Crippen LogP contribution in [0.5, 0.6) is 0 Å². The van der Waals surface area contributed by atoms with E-state index in [1.165, 1.54) is 10.4 Å². The fourth-order valence-electron chi connectivity index (χ4n) is 2.16. The molecule has 0 aliphatic rings. The number of nitrogens with zero attached hydrogens (tertiary/aromatic N) is 2. The van der Waals surface area contributed by atoms with Crippen molar-refractivity contribution >= 4 is 16.3 Å². The molecule has 2 aromatic heterocycles. The minimum absolute atomic E-state index is 0.520. The van der Waals surface area contributed by atoms with Crippen LogP contribution in [0.2, 0.25) is 0 Å². The third-order valence-electron chi connectivity index (χ3n) is 3.34. The molecular formula is C16H17N3OS. The number of aromatic nitrogens is 2. The van der Waals surface area contributed by atoms with Gasteiger partial charge in [-0.05, 0) is 24.5 Å². The molecule has 0 amide bonds. The predicted molar refractivity (Wildman–Crippen MR) is 85.3 cm³/mol. The molecule has 0 bridgehead atoms. The summed E-state index contributed by atoms with van der Waals surface area (Å²) >= 11 is 1.58. The summed E-state index contributed by atoms with van der Waals surface area (Å²) in [6, 6.07) is 12.3. The van der Waals surface area contributed by atoms with E-state index in [1.54, 1.807) is 11.3 Å². The summed E-state index contributed by atoms with van der Waals surface area (Å²) in [5.41, 5.74) is 8.14. The van der Waals surface area contributed by atoms with E-state index < -0.39 is 0 Å². The van der Waals surface area contributed by atoms with Crippen molar-refractivity contribution in [1.29, 1.82) is 0 Å². The average Bonchev–Trinajstić information content (AvgIpc) is 3.12. The van der Waals surface area contributed by atoms with Crippen LogP contribution in [0.4, 0.5) is 5.00 Å². The molecule has 0 saturated heterocycles. The third kappa shape index (κ3) is 3.13. The molecule has 0 aliphatic carbocycles. The van der Waals surface area contributed by atoms with E-state index in [1.807, 2.05) is 24.3 Å². The van der Waals surface area contributed by atoms with Crippen LogP contribution in [-0.2, 0) is 19.3 Å². The Bertz CT molecular complexity index is 718. The van der Waals surface area contributed by atoms with Crippen molar-refractivity contribution in [1.82, 2.24) is 10.1 Å². The first-order valence-electron chi connectivity index (χ1n) is 7.01. The maximum absolute atomic E-state index is 6.01. The fourth-order valence-corrected chi connectivity index (χ4v) is 3.02. The highest BCUT2D eigenvalue weighted by Crippen LogP contribution is 2.33. The standard InChI is InChI=1S/C16H17N3OS/c1-2-12-10-13(15(17)21-12)16-18-14(19-20-16)9-8-11-6-4-3-5-7-11/h3-7,10H,2,8-9,17H2,1H3. The van der Waals surface area contributed by atoms with Crippen molar-refractivity contribution in [3.63, 3.8) is 0 Å². The van der Waals surface area contributed by atoms with Crippen LogP contribution in [-0.4, -0.2) is 10.1 Å². The van der Waals surface area contributed by atoms with E-state index >= 15 is 0 Å². The fraction of sp³-hybridized carbons (Fsp3) is 0.250. The molecule has 3 rings (SSSR count). The SMILES string of the molecule is CCc1cc(-c2nc(CCc3ccccc3)no2)c(N)s1. The van der Waals surface area contributed by atoms with Crippen LogP contribution >= 0.6 is 11.3 Å². The Morgan fingerprint density at radius 3 is 2.71 bits per heavy atom. The van der Waals surface area contributed by atoms with Gasteiger partial charge in [0, 0.05) is 11.3 Å². The number of aryl methyl sites for hydroxylation is 3. The molecule has 0 unspecified atom stereocenters. The minimum atomic E-state index is 0.520. The van der Waals surface area contributed by atoms with Crippen molar-refractivity contribution < 1.29 is 4.52 Å². The van der Waals surface area contributed by atoms with Gasteiger partial charge in [0.05, 0.1) is 10.6 Å². The monoisotopic (exact) mass is 299 g/mol. The molecule has 0 saturated carbocycles. The van der Waals surface area contributed by atoms with E-state index in [2.05, 4.69) is 29.2 Å². The molecule has 0 aliphatic heterocycles. The molecule has 108 valence electrons. The van der Waals surface area contributed by atoms with Crippen molar-refractivity contribution in [3.8, 4) is 11.5 Å². The van der Waals surface area contributed by atoms with Gasteiger partial charge in [-0.3, -0.25) is 0 Å². The number of nitrogen functional groups attached to an aromatic ring is 1. The predicted octanol–water partition coefficient (Wildman–Crippen LogP) is 3.73. The average molecular weight is 299 g/mol. The van der Waals surface area contributed by atoms with Crippen molar-refractivity contribution in [2.24, 2.45) is 0 Å². The van der Waals surface area contributed by atoms with Crippen LogP contribution in [0.15, 0.2) is 40.9 Å². The van der Waals surface area contributed by atoms with Crippen LogP contribution in [0.3, 0.4) is 0 Å². The molecule has 0 spiro atoms. The molecule has 21 heavy (non-hydrogen) atoms. The summed E-state index contributed by atoms with van der Waals surface area (Å²) in [5.74, 6) is 1.24. The quantitative estimate of drug-likeness (QED) is 0.779. The first-order valence-corrected chi connectivity index (χ1v) is 7.83. The smallest absolute Gasteiger partial charge is 0.260 e. The Kier molecular flexibility index (Phi) is 4.01. The number of rotatable bonds is 5. The summed E-state index contributed by atoms with van der Waals surface area (Å²) in [5, 5.41) is 4.79. The Morgan fingerprint density at radius 2 is 2.00 bits per heavy atom. The highest BCUT2D eigenvalue weighted by atomic mass is 32.1. The molecule has 2 N–H and O–H groups in total. The second-order valence-corrected chi connectivity index (χ2v) is 6.01. The summed E-state index contributed by atoms with van der Waals surface area (Å²) in [6.45, 7) is 2.11. The van der Waals surface area contributed by atoms with Crippen molar-refractivity contribution in [2.45, 2.75) is 26.2 Å². The van der Waals surface area contributed by atoms with Crippen LogP contribution in [0.1, 0.15) is 23.2 Å². The highest BCUT2D eigenvalue weighted by molar-refractivity contribution is 7.16. The van der Waals surface area contributed by atoms with Crippen LogP contribution < -0.4 is 5.73 Å². The molecule has 5 heteroatoms. The Balaban J connectivity index is 1.72. The topological polar surface area (TPSA) is 64.9 Å². The molecule has 0 radical (unpaired) electrons. The maximum Gasteiger partial charge on any atom is 0.260 e. The lowest BCUT2D eigenvalue weighted by atomic mass is 10.1. The number of nitrogens with two attached hydrogens (primary N) is 1. The van der Waals surface area contributed by atoms with E-state index in [-0.39, 0.29) is 0 Å². The van der Waals surface area contributed by atoms with E-state index in [9.17, 15) is 0 Å². The maximum atomic E-state index is 6.01.